The van der Waals surface area contributed by atoms with Crippen molar-refractivity contribution in [1.29, 1.82) is 0 Å². The number of benzene rings is 2. The summed E-state index contributed by atoms with van der Waals surface area (Å²) in [6, 6.07) is 12.5. The number of rotatable bonds is 8. The molecule has 0 N–H and O–H groups in total. The molecule has 0 saturated carbocycles. The lowest BCUT2D eigenvalue weighted by atomic mass is 10.1. The van der Waals surface area contributed by atoms with Crippen molar-refractivity contribution in [3.8, 4) is 33.3 Å². The molecule has 3 rings (SSSR count). The molecule has 0 atom stereocenters. The average Bonchev–Trinajstić information content (AvgIpc) is 3.24. The second-order valence-electron chi connectivity index (χ2n) is 6.19. The molecule has 0 aliphatic heterocycles. The number of sulfonamides is 1. The normalized spacial score (nSPS) is 11.6. The largest absolute Gasteiger partial charge is 0.493 e. The van der Waals surface area contributed by atoms with Gasteiger partial charge >= 0.3 is 0 Å². The summed E-state index contributed by atoms with van der Waals surface area (Å²) in [6.07, 6.45) is 0. The summed E-state index contributed by atoms with van der Waals surface area (Å²) in [5, 5.41) is 2.75. The van der Waals surface area contributed by atoms with Crippen LogP contribution in [0.3, 0.4) is 0 Å². The summed E-state index contributed by atoms with van der Waals surface area (Å²) in [5.41, 5.74) is 2.48. The smallest absolute Gasteiger partial charge is 0.243 e. The van der Waals surface area contributed by atoms with E-state index in [1.807, 2.05) is 37.4 Å². The predicted octanol–water partition coefficient (Wildman–Crippen LogP) is 4.52. The monoisotopic (exact) mass is 432 g/mol. The number of methoxy groups -OCH3 is 2. The van der Waals surface area contributed by atoms with Crippen LogP contribution >= 0.6 is 11.3 Å². The van der Waals surface area contributed by atoms with Crippen molar-refractivity contribution in [2.45, 2.75) is 18.7 Å². The maximum Gasteiger partial charge on any atom is 0.243 e. The van der Waals surface area contributed by atoms with E-state index < -0.39 is 10.0 Å². The number of aromatic nitrogens is 1. The van der Waals surface area contributed by atoms with Crippen molar-refractivity contribution in [3.05, 3.63) is 47.8 Å². The molecule has 0 unspecified atom stereocenters. The number of thiazole rings is 1. The summed E-state index contributed by atoms with van der Waals surface area (Å²) in [4.78, 5) is 5.00. The Labute approximate surface area is 175 Å². The zero-order valence-corrected chi connectivity index (χ0v) is 18.5. The van der Waals surface area contributed by atoms with E-state index in [0.717, 1.165) is 21.8 Å². The summed E-state index contributed by atoms with van der Waals surface area (Å²) >= 11 is 1.49. The molecule has 1 heterocycles. The Kier molecular flexibility index (Phi) is 6.56. The molecule has 0 spiro atoms. The molecule has 154 valence electrons. The standard InChI is InChI=1S/C21H24N2O4S2/c1-5-23(6-2)29(24,25)16-12-10-15(11-13-16)18-14-28-21(22-18)17-8-7-9-19(26-3)20(17)27-4/h7-14H,5-6H2,1-4H3. The predicted molar refractivity (Wildman–Crippen MR) is 116 cm³/mol. The van der Waals surface area contributed by atoms with Gasteiger partial charge in [-0.2, -0.15) is 4.31 Å². The third kappa shape index (κ3) is 4.14. The van der Waals surface area contributed by atoms with Crippen LogP contribution < -0.4 is 9.47 Å². The summed E-state index contributed by atoms with van der Waals surface area (Å²) < 4.78 is 37.6. The Morgan fingerprint density at radius 2 is 1.69 bits per heavy atom. The first-order valence-corrected chi connectivity index (χ1v) is 11.6. The van der Waals surface area contributed by atoms with Crippen LogP contribution in [0.5, 0.6) is 11.5 Å². The van der Waals surface area contributed by atoms with Gasteiger partial charge in [0.1, 0.15) is 5.01 Å². The molecule has 3 aromatic rings. The van der Waals surface area contributed by atoms with Gasteiger partial charge in [-0.3, -0.25) is 0 Å². The molecule has 0 aliphatic carbocycles. The number of hydrogen-bond acceptors (Lipinski definition) is 6. The minimum atomic E-state index is -3.47. The summed E-state index contributed by atoms with van der Waals surface area (Å²) in [6.45, 7) is 4.55. The highest BCUT2D eigenvalue weighted by Gasteiger charge is 2.21. The van der Waals surface area contributed by atoms with Crippen LogP contribution in [0.25, 0.3) is 21.8 Å². The molecule has 0 bridgehead atoms. The molecule has 8 heteroatoms. The third-order valence-corrected chi connectivity index (χ3v) is 7.57. The van der Waals surface area contributed by atoms with Crippen molar-refractivity contribution < 1.29 is 17.9 Å². The first-order valence-electron chi connectivity index (χ1n) is 9.23. The van der Waals surface area contributed by atoms with Crippen LogP contribution in [-0.2, 0) is 10.0 Å². The van der Waals surface area contributed by atoms with Crippen molar-refractivity contribution in [3.63, 3.8) is 0 Å². The van der Waals surface area contributed by atoms with Gasteiger partial charge in [0.25, 0.3) is 0 Å². The zero-order valence-electron chi connectivity index (χ0n) is 16.9. The molecule has 0 fully saturated rings. The van der Waals surface area contributed by atoms with Gasteiger partial charge in [-0.1, -0.05) is 32.0 Å². The van der Waals surface area contributed by atoms with Gasteiger partial charge in [0.2, 0.25) is 10.0 Å². The van der Waals surface area contributed by atoms with Crippen molar-refractivity contribution in [2.75, 3.05) is 27.3 Å². The van der Waals surface area contributed by atoms with E-state index in [0.29, 0.717) is 24.6 Å². The SMILES string of the molecule is CCN(CC)S(=O)(=O)c1ccc(-c2csc(-c3cccc(OC)c3OC)n2)cc1. The number of hydrogen-bond donors (Lipinski definition) is 0. The Morgan fingerprint density at radius 1 is 1.00 bits per heavy atom. The molecular weight excluding hydrogens is 408 g/mol. The highest BCUT2D eigenvalue weighted by atomic mass is 32.2. The quantitative estimate of drug-likeness (QED) is 0.523. The lowest BCUT2D eigenvalue weighted by Crippen LogP contribution is -2.30. The Morgan fingerprint density at radius 3 is 2.28 bits per heavy atom. The number of para-hydroxylation sites is 1. The topological polar surface area (TPSA) is 68.7 Å². The number of ether oxygens (including phenoxy) is 2. The lowest BCUT2D eigenvalue weighted by Gasteiger charge is -2.18. The first-order chi connectivity index (χ1) is 14.0. The van der Waals surface area contributed by atoms with E-state index >= 15 is 0 Å². The minimum Gasteiger partial charge on any atom is -0.493 e. The number of nitrogens with zero attached hydrogens (tertiary/aromatic N) is 2. The molecule has 2 aromatic carbocycles. The van der Waals surface area contributed by atoms with Gasteiger partial charge in [-0.05, 0) is 24.3 Å². The van der Waals surface area contributed by atoms with Crippen LogP contribution in [0.15, 0.2) is 52.7 Å². The third-order valence-electron chi connectivity index (χ3n) is 4.63. The van der Waals surface area contributed by atoms with Gasteiger partial charge in [-0.15, -0.1) is 11.3 Å². The fourth-order valence-electron chi connectivity index (χ4n) is 3.10. The summed E-state index contributed by atoms with van der Waals surface area (Å²) in [7, 11) is -0.267. The summed E-state index contributed by atoms with van der Waals surface area (Å²) in [5.74, 6) is 1.28. The molecule has 29 heavy (non-hydrogen) atoms. The molecular formula is C21H24N2O4S2. The molecule has 1 aromatic heterocycles. The molecule has 0 saturated heterocycles. The van der Waals surface area contributed by atoms with Gasteiger partial charge in [-0.25, -0.2) is 13.4 Å². The van der Waals surface area contributed by atoms with E-state index in [2.05, 4.69) is 0 Å². The van der Waals surface area contributed by atoms with Gasteiger partial charge in [0.15, 0.2) is 11.5 Å². The molecule has 6 nitrogen and oxygen atoms in total. The molecule has 0 amide bonds. The van der Waals surface area contributed by atoms with Crippen LogP contribution in [0.2, 0.25) is 0 Å². The van der Waals surface area contributed by atoms with E-state index in [1.54, 1.807) is 38.5 Å². The highest BCUT2D eigenvalue weighted by molar-refractivity contribution is 7.89. The van der Waals surface area contributed by atoms with Crippen molar-refractivity contribution in [1.82, 2.24) is 9.29 Å². The second kappa shape index (κ2) is 8.94. The van der Waals surface area contributed by atoms with E-state index in [4.69, 9.17) is 14.5 Å². The van der Waals surface area contributed by atoms with Gasteiger partial charge in [0.05, 0.1) is 30.4 Å². The Balaban J connectivity index is 1.93. The Hall–Kier alpha value is -2.42. The minimum absolute atomic E-state index is 0.287. The van der Waals surface area contributed by atoms with Gasteiger partial charge < -0.3 is 9.47 Å². The van der Waals surface area contributed by atoms with Crippen molar-refractivity contribution in [2.24, 2.45) is 0 Å². The van der Waals surface area contributed by atoms with Gasteiger partial charge in [0, 0.05) is 24.0 Å². The van der Waals surface area contributed by atoms with Crippen LogP contribution in [0, 0.1) is 0 Å². The van der Waals surface area contributed by atoms with Crippen LogP contribution in [0.4, 0.5) is 0 Å². The van der Waals surface area contributed by atoms with Crippen molar-refractivity contribution >= 4 is 21.4 Å². The maximum atomic E-state index is 12.6. The molecule has 0 radical (unpaired) electrons. The van der Waals surface area contributed by atoms with E-state index in [-0.39, 0.29) is 4.90 Å². The Bertz CT molecular complexity index is 1070. The van der Waals surface area contributed by atoms with Crippen LogP contribution in [0.1, 0.15) is 13.8 Å². The lowest BCUT2D eigenvalue weighted by molar-refractivity contribution is 0.356. The maximum absolute atomic E-state index is 12.6. The average molecular weight is 433 g/mol. The second-order valence-corrected chi connectivity index (χ2v) is 8.99. The van der Waals surface area contributed by atoms with E-state index in [9.17, 15) is 8.42 Å². The van der Waals surface area contributed by atoms with Crippen LogP contribution in [-0.4, -0.2) is 45.0 Å². The zero-order chi connectivity index (χ0) is 21.0. The van der Waals surface area contributed by atoms with E-state index in [1.165, 1.54) is 15.6 Å². The highest BCUT2D eigenvalue weighted by Crippen LogP contribution is 2.40. The first kappa shape index (κ1) is 21.3. The fourth-order valence-corrected chi connectivity index (χ4v) is 5.40. The fraction of sp³-hybridized carbons (Fsp3) is 0.286. The molecule has 0 aliphatic rings.